The molecule has 0 amide bonds. The van der Waals surface area contributed by atoms with Gasteiger partial charge in [-0.25, -0.2) is 0 Å². The second kappa shape index (κ2) is 4.14. The zero-order chi connectivity index (χ0) is 7.28. The number of hydrazone groups is 1. The SMILES string of the molecule is COCN(C)/N=C(/C)N. The van der Waals surface area contributed by atoms with E-state index in [1.54, 1.807) is 26.1 Å². The number of rotatable bonds is 3. The third-order valence-electron chi connectivity index (χ3n) is 0.644. The molecule has 0 saturated carbocycles. The molecule has 0 atom stereocenters. The lowest BCUT2D eigenvalue weighted by Gasteiger charge is -2.10. The van der Waals surface area contributed by atoms with Crippen LogP contribution in [0, 0.1) is 0 Å². The number of hydrogen-bond donors (Lipinski definition) is 1. The van der Waals surface area contributed by atoms with Crippen LogP contribution >= 0.6 is 0 Å². The molecule has 0 heterocycles. The van der Waals surface area contributed by atoms with Crippen molar-refractivity contribution in [1.29, 1.82) is 0 Å². The van der Waals surface area contributed by atoms with Crippen LogP contribution < -0.4 is 5.73 Å². The maximum atomic E-state index is 5.28. The number of amidine groups is 1. The number of methoxy groups -OCH3 is 1. The average molecular weight is 131 g/mol. The van der Waals surface area contributed by atoms with E-state index in [9.17, 15) is 0 Å². The summed E-state index contributed by atoms with van der Waals surface area (Å²) in [5.74, 6) is 0.537. The molecule has 2 N–H and O–H groups in total. The monoisotopic (exact) mass is 131 g/mol. The van der Waals surface area contributed by atoms with Gasteiger partial charge in [0.15, 0.2) is 0 Å². The Balaban J connectivity index is 3.49. The van der Waals surface area contributed by atoms with Gasteiger partial charge in [-0.2, -0.15) is 5.10 Å². The summed E-state index contributed by atoms with van der Waals surface area (Å²) in [5.41, 5.74) is 5.28. The molecule has 0 aliphatic carbocycles. The van der Waals surface area contributed by atoms with Gasteiger partial charge in [-0.15, -0.1) is 0 Å². The molecule has 0 radical (unpaired) electrons. The van der Waals surface area contributed by atoms with E-state index in [-0.39, 0.29) is 0 Å². The Morgan fingerprint density at radius 1 is 1.78 bits per heavy atom. The van der Waals surface area contributed by atoms with E-state index >= 15 is 0 Å². The standard InChI is InChI=1S/C5H13N3O/c1-5(6)7-8(2)4-9-3/h4H2,1-3H3,(H2,6,7). The Bertz CT molecular complexity index is 98.4. The van der Waals surface area contributed by atoms with E-state index < -0.39 is 0 Å². The van der Waals surface area contributed by atoms with Crippen LogP contribution in [0.5, 0.6) is 0 Å². The van der Waals surface area contributed by atoms with E-state index in [0.717, 1.165) is 0 Å². The number of hydrogen-bond acceptors (Lipinski definition) is 3. The predicted octanol–water partition coefficient (Wildman–Crippen LogP) is -0.186. The molecule has 0 aromatic carbocycles. The summed E-state index contributed by atoms with van der Waals surface area (Å²) in [6.45, 7) is 2.20. The van der Waals surface area contributed by atoms with E-state index in [4.69, 9.17) is 10.5 Å². The summed E-state index contributed by atoms with van der Waals surface area (Å²) >= 11 is 0. The van der Waals surface area contributed by atoms with Gasteiger partial charge in [0.2, 0.25) is 0 Å². The molecular weight excluding hydrogens is 118 g/mol. The maximum absolute atomic E-state index is 5.28. The van der Waals surface area contributed by atoms with Gasteiger partial charge in [-0.05, 0) is 6.92 Å². The molecule has 0 aliphatic rings. The van der Waals surface area contributed by atoms with Crippen LogP contribution in [-0.2, 0) is 4.74 Å². The minimum atomic E-state index is 0.467. The highest BCUT2D eigenvalue weighted by Gasteiger charge is 1.87. The summed E-state index contributed by atoms with van der Waals surface area (Å²) in [6, 6.07) is 0. The highest BCUT2D eigenvalue weighted by molar-refractivity contribution is 5.77. The highest BCUT2D eigenvalue weighted by Crippen LogP contribution is 1.81. The largest absolute Gasteiger partial charge is 0.386 e. The number of nitrogens with two attached hydrogens (primary N) is 1. The van der Waals surface area contributed by atoms with Crippen molar-refractivity contribution in [3.8, 4) is 0 Å². The first kappa shape index (κ1) is 8.23. The summed E-state index contributed by atoms with van der Waals surface area (Å²) in [4.78, 5) is 0. The van der Waals surface area contributed by atoms with Crippen LogP contribution in [0.1, 0.15) is 6.92 Å². The van der Waals surface area contributed by atoms with Crippen LogP contribution in [0.2, 0.25) is 0 Å². The second-order valence-corrected chi connectivity index (χ2v) is 1.82. The first-order valence-corrected chi connectivity index (χ1v) is 2.67. The van der Waals surface area contributed by atoms with Crippen molar-refractivity contribution in [3.63, 3.8) is 0 Å². The average Bonchev–Trinajstić information content (AvgIpc) is 1.63. The number of ether oxygens (including phenoxy) is 1. The van der Waals surface area contributed by atoms with Crippen molar-refractivity contribution < 1.29 is 4.74 Å². The van der Waals surface area contributed by atoms with Crippen molar-refractivity contribution in [1.82, 2.24) is 5.01 Å². The van der Waals surface area contributed by atoms with Crippen molar-refractivity contribution in [2.75, 3.05) is 20.9 Å². The molecule has 9 heavy (non-hydrogen) atoms. The van der Waals surface area contributed by atoms with Gasteiger partial charge in [0.05, 0.1) is 0 Å². The van der Waals surface area contributed by atoms with Crippen molar-refractivity contribution in [3.05, 3.63) is 0 Å². The summed E-state index contributed by atoms with van der Waals surface area (Å²) in [7, 11) is 3.40. The smallest absolute Gasteiger partial charge is 0.134 e. The zero-order valence-corrected chi connectivity index (χ0v) is 6.09. The lowest BCUT2D eigenvalue weighted by atomic mass is 10.7. The molecule has 0 unspecified atom stereocenters. The first-order chi connectivity index (χ1) is 4.16. The molecule has 0 rings (SSSR count). The minimum Gasteiger partial charge on any atom is -0.386 e. The molecule has 0 aliphatic heterocycles. The predicted molar refractivity (Wildman–Crippen MR) is 36.9 cm³/mol. The summed E-state index contributed by atoms with van der Waals surface area (Å²) in [5, 5.41) is 5.49. The Hall–Kier alpha value is -0.770. The molecule has 54 valence electrons. The molecule has 0 aromatic heterocycles. The van der Waals surface area contributed by atoms with Gasteiger partial charge in [0.25, 0.3) is 0 Å². The zero-order valence-electron chi connectivity index (χ0n) is 6.09. The van der Waals surface area contributed by atoms with Crippen molar-refractivity contribution >= 4 is 5.84 Å². The van der Waals surface area contributed by atoms with E-state index in [2.05, 4.69) is 5.10 Å². The molecule has 4 heteroatoms. The summed E-state index contributed by atoms with van der Waals surface area (Å²) in [6.07, 6.45) is 0. The Morgan fingerprint density at radius 2 is 2.33 bits per heavy atom. The normalized spacial score (nSPS) is 11.7. The topological polar surface area (TPSA) is 50.8 Å². The van der Waals surface area contributed by atoms with Gasteiger partial charge in [0.1, 0.15) is 12.6 Å². The minimum absolute atomic E-state index is 0.467. The molecule has 4 nitrogen and oxygen atoms in total. The lowest BCUT2D eigenvalue weighted by molar-refractivity contribution is 0.0842. The molecule has 0 saturated heterocycles. The molecule has 0 aromatic rings. The van der Waals surface area contributed by atoms with Crippen LogP contribution in [0.15, 0.2) is 5.10 Å². The number of nitrogens with zero attached hydrogens (tertiary/aromatic N) is 2. The third kappa shape index (κ3) is 5.10. The fourth-order valence-electron chi connectivity index (χ4n) is 0.485. The van der Waals surface area contributed by atoms with Gasteiger partial charge < -0.3 is 10.5 Å². The van der Waals surface area contributed by atoms with Crippen molar-refractivity contribution in [2.45, 2.75) is 6.92 Å². The molecular formula is C5H13N3O. The quantitative estimate of drug-likeness (QED) is 0.250. The van der Waals surface area contributed by atoms with Crippen LogP contribution in [0.4, 0.5) is 0 Å². The van der Waals surface area contributed by atoms with E-state index in [1.165, 1.54) is 0 Å². The lowest BCUT2D eigenvalue weighted by Crippen LogP contribution is -2.19. The fourth-order valence-corrected chi connectivity index (χ4v) is 0.485. The molecule has 0 spiro atoms. The molecule has 0 fully saturated rings. The van der Waals surface area contributed by atoms with Crippen LogP contribution in [-0.4, -0.2) is 31.7 Å². The summed E-state index contributed by atoms with van der Waals surface area (Å²) < 4.78 is 4.77. The fraction of sp³-hybridized carbons (Fsp3) is 0.800. The third-order valence-corrected chi connectivity index (χ3v) is 0.644. The van der Waals surface area contributed by atoms with E-state index in [0.29, 0.717) is 12.6 Å². The van der Waals surface area contributed by atoms with Gasteiger partial charge >= 0.3 is 0 Å². The Morgan fingerprint density at radius 3 is 2.67 bits per heavy atom. The second-order valence-electron chi connectivity index (χ2n) is 1.82. The Kier molecular flexibility index (Phi) is 3.79. The van der Waals surface area contributed by atoms with Crippen LogP contribution in [0.3, 0.4) is 0 Å². The Labute approximate surface area is 55.3 Å². The molecule has 0 bridgehead atoms. The highest BCUT2D eigenvalue weighted by atomic mass is 16.5. The van der Waals surface area contributed by atoms with Crippen molar-refractivity contribution in [2.24, 2.45) is 10.8 Å². The maximum Gasteiger partial charge on any atom is 0.134 e. The van der Waals surface area contributed by atoms with Gasteiger partial charge in [0, 0.05) is 14.2 Å². The first-order valence-electron chi connectivity index (χ1n) is 2.67. The van der Waals surface area contributed by atoms with Crippen LogP contribution in [0.25, 0.3) is 0 Å². The van der Waals surface area contributed by atoms with E-state index in [1.807, 2.05) is 0 Å². The van der Waals surface area contributed by atoms with Gasteiger partial charge in [-0.3, -0.25) is 5.01 Å². The van der Waals surface area contributed by atoms with Gasteiger partial charge in [-0.1, -0.05) is 0 Å².